The van der Waals surface area contributed by atoms with Gasteiger partial charge in [0, 0.05) is 44.2 Å². The van der Waals surface area contributed by atoms with Gasteiger partial charge < -0.3 is 19.3 Å². The molecule has 1 aliphatic rings. The summed E-state index contributed by atoms with van der Waals surface area (Å²) in [6, 6.07) is 13.5. The third kappa shape index (κ3) is 8.07. The first kappa shape index (κ1) is 28.2. The van der Waals surface area contributed by atoms with Crippen LogP contribution in [0.25, 0.3) is 0 Å². The lowest BCUT2D eigenvalue weighted by Crippen LogP contribution is -2.38. The number of aryl methyl sites for hydroxylation is 1. The van der Waals surface area contributed by atoms with Crippen LogP contribution in [0.5, 0.6) is 5.75 Å². The number of rotatable bonds is 11. The minimum absolute atomic E-state index is 0.0234. The van der Waals surface area contributed by atoms with E-state index in [-0.39, 0.29) is 17.8 Å². The number of methoxy groups -OCH3 is 1. The van der Waals surface area contributed by atoms with Crippen molar-refractivity contribution in [2.24, 2.45) is 0 Å². The smallest absolute Gasteiger partial charge is 0.410 e. The van der Waals surface area contributed by atoms with Gasteiger partial charge in [0.15, 0.2) is 5.78 Å². The lowest BCUT2D eigenvalue weighted by Gasteiger charge is -2.27. The largest absolute Gasteiger partial charge is 0.496 e. The third-order valence-electron chi connectivity index (χ3n) is 6.48. The highest BCUT2D eigenvalue weighted by atomic mass is 16.6. The maximum absolute atomic E-state index is 12.8. The number of fused-ring (bicyclic) bond motifs is 1. The molecule has 0 aliphatic carbocycles. The van der Waals surface area contributed by atoms with Gasteiger partial charge in [0.25, 0.3) is 0 Å². The van der Waals surface area contributed by atoms with E-state index in [1.165, 1.54) is 0 Å². The SMILES string of the molecule is COc1ccccc1CCCN(CCCCC(=O)c1ccc2c(c1)CCN2C(C)=O)C(=O)OC(C)(C)C. The summed E-state index contributed by atoms with van der Waals surface area (Å²) in [5.41, 5.74) is 3.18. The molecule has 2 aromatic carbocycles. The fourth-order valence-electron chi connectivity index (χ4n) is 4.63. The topological polar surface area (TPSA) is 76.2 Å². The average Bonchev–Trinajstić information content (AvgIpc) is 3.28. The number of hydrogen-bond acceptors (Lipinski definition) is 5. The Morgan fingerprint density at radius 3 is 2.43 bits per heavy atom. The Hall–Kier alpha value is -3.35. The molecule has 0 unspecified atom stereocenters. The van der Waals surface area contributed by atoms with E-state index in [4.69, 9.17) is 9.47 Å². The minimum atomic E-state index is -0.570. The van der Waals surface area contributed by atoms with E-state index in [1.807, 2.05) is 63.2 Å². The molecule has 0 saturated heterocycles. The Morgan fingerprint density at radius 1 is 1.00 bits per heavy atom. The van der Waals surface area contributed by atoms with Crippen molar-refractivity contribution < 1.29 is 23.9 Å². The summed E-state index contributed by atoms with van der Waals surface area (Å²) in [4.78, 5) is 40.9. The molecular formula is C30H40N2O5. The molecule has 0 fully saturated rings. The molecule has 0 saturated carbocycles. The molecule has 7 heteroatoms. The Morgan fingerprint density at radius 2 is 1.73 bits per heavy atom. The predicted octanol–water partition coefficient (Wildman–Crippen LogP) is 5.83. The molecule has 3 rings (SSSR count). The zero-order chi connectivity index (χ0) is 27.0. The van der Waals surface area contributed by atoms with Crippen LogP contribution in [-0.4, -0.2) is 55.0 Å². The lowest BCUT2D eigenvalue weighted by molar-refractivity contribution is -0.116. The number of carbonyl (C=O) groups is 3. The molecule has 0 aromatic heterocycles. The Balaban J connectivity index is 1.52. The second-order valence-electron chi connectivity index (χ2n) is 10.5. The Kier molecular flexibility index (Phi) is 9.73. The van der Waals surface area contributed by atoms with Crippen molar-refractivity contribution in [3.8, 4) is 5.75 Å². The monoisotopic (exact) mass is 508 g/mol. The van der Waals surface area contributed by atoms with E-state index in [1.54, 1.807) is 23.8 Å². The first-order valence-electron chi connectivity index (χ1n) is 13.1. The van der Waals surface area contributed by atoms with Crippen molar-refractivity contribution in [3.05, 3.63) is 59.2 Å². The third-order valence-corrected chi connectivity index (χ3v) is 6.48. The van der Waals surface area contributed by atoms with Crippen LogP contribution in [0.2, 0.25) is 0 Å². The predicted molar refractivity (Wildman–Crippen MR) is 145 cm³/mol. The molecule has 0 spiro atoms. The second-order valence-corrected chi connectivity index (χ2v) is 10.5. The van der Waals surface area contributed by atoms with Crippen molar-refractivity contribution in [1.29, 1.82) is 0 Å². The van der Waals surface area contributed by atoms with Gasteiger partial charge in [-0.3, -0.25) is 9.59 Å². The molecule has 2 amide bonds. The molecule has 1 aliphatic heterocycles. The van der Waals surface area contributed by atoms with Crippen LogP contribution in [0.3, 0.4) is 0 Å². The fraction of sp³-hybridized carbons (Fsp3) is 0.500. The van der Waals surface area contributed by atoms with Crippen molar-refractivity contribution in [3.63, 3.8) is 0 Å². The highest BCUT2D eigenvalue weighted by Gasteiger charge is 2.24. The van der Waals surface area contributed by atoms with Crippen LogP contribution in [0.1, 0.15) is 74.9 Å². The number of para-hydroxylation sites is 1. The number of benzene rings is 2. The molecule has 0 bridgehead atoms. The van der Waals surface area contributed by atoms with Gasteiger partial charge in [0.05, 0.1) is 7.11 Å². The van der Waals surface area contributed by atoms with Crippen LogP contribution >= 0.6 is 0 Å². The molecular weight excluding hydrogens is 468 g/mol. The molecule has 200 valence electrons. The van der Waals surface area contributed by atoms with Gasteiger partial charge in [-0.05, 0) is 88.3 Å². The molecule has 37 heavy (non-hydrogen) atoms. The Bertz CT molecular complexity index is 1110. The highest BCUT2D eigenvalue weighted by Crippen LogP contribution is 2.29. The van der Waals surface area contributed by atoms with Crippen LogP contribution < -0.4 is 9.64 Å². The van der Waals surface area contributed by atoms with Gasteiger partial charge in [-0.1, -0.05) is 18.2 Å². The lowest BCUT2D eigenvalue weighted by atomic mass is 10.0. The maximum atomic E-state index is 12.8. The van der Waals surface area contributed by atoms with E-state index in [9.17, 15) is 14.4 Å². The summed E-state index contributed by atoms with van der Waals surface area (Å²) in [6.07, 6.45) is 3.83. The number of ether oxygens (including phenoxy) is 2. The summed E-state index contributed by atoms with van der Waals surface area (Å²) >= 11 is 0. The number of Topliss-reactive ketones (excluding diaryl/α,β-unsaturated/α-hetero) is 1. The standard InChI is InChI=1S/C30H40N2O5/c1-22(33)32-20-17-24-21-25(15-16-26(24)32)27(34)13-8-9-18-31(29(35)37-30(2,3)4)19-10-12-23-11-6-7-14-28(23)36-5/h6-7,11,14-16,21H,8-10,12-13,17-20H2,1-5H3. The quantitative estimate of drug-likeness (QED) is 0.282. The van der Waals surface area contributed by atoms with Crippen LogP contribution in [-0.2, 0) is 22.4 Å². The minimum Gasteiger partial charge on any atom is -0.496 e. The number of anilines is 1. The van der Waals surface area contributed by atoms with Crippen LogP contribution in [0.15, 0.2) is 42.5 Å². The van der Waals surface area contributed by atoms with Gasteiger partial charge in [-0.25, -0.2) is 4.79 Å². The molecule has 0 N–H and O–H groups in total. The van der Waals surface area contributed by atoms with Crippen molar-refractivity contribution >= 4 is 23.5 Å². The first-order chi connectivity index (χ1) is 17.6. The van der Waals surface area contributed by atoms with Gasteiger partial charge in [-0.2, -0.15) is 0 Å². The van der Waals surface area contributed by atoms with Crippen molar-refractivity contribution in [2.45, 2.75) is 71.8 Å². The first-order valence-corrected chi connectivity index (χ1v) is 13.1. The normalized spacial score (nSPS) is 12.7. The molecule has 1 heterocycles. The zero-order valence-electron chi connectivity index (χ0n) is 22.8. The van der Waals surface area contributed by atoms with Gasteiger partial charge >= 0.3 is 6.09 Å². The molecule has 7 nitrogen and oxygen atoms in total. The zero-order valence-corrected chi connectivity index (χ0v) is 22.8. The second kappa shape index (κ2) is 12.7. The number of unbranched alkanes of at least 4 members (excludes halogenated alkanes) is 1. The summed E-state index contributed by atoms with van der Waals surface area (Å²) in [6.45, 7) is 8.92. The summed E-state index contributed by atoms with van der Waals surface area (Å²) in [5, 5.41) is 0. The molecule has 2 aromatic rings. The van der Waals surface area contributed by atoms with E-state index in [2.05, 4.69) is 0 Å². The highest BCUT2D eigenvalue weighted by molar-refractivity contribution is 5.98. The maximum Gasteiger partial charge on any atom is 0.410 e. The number of nitrogens with zero attached hydrogens (tertiary/aromatic N) is 2. The van der Waals surface area contributed by atoms with Gasteiger partial charge in [-0.15, -0.1) is 0 Å². The molecule has 0 radical (unpaired) electrons. The van der Waals surface area contributed by atoms with Crippen LogP contribution in [0.4, 0.5) is 10.5 Å². The Labute approximate surface area is 220 Å². The average molecular weight is 509 g/mol. The van der Waals surface area contributed by atoms with Crippen LogP contribution in [0, 0.1) is 0 Å². The number of carbonyl (C=O) groups excluding carboxylic acids is 3. The summed E-state index contributed by atoms with van der Waals surface area (Å²) < 4.78 is 11.1. The summed E-state index contributed by atoms with van der Waals surface area (Å²) in [5.74, 6) is 0.963. The van der Waals surface area contributed by atoms with E-state index >= 15 is 0 Å². The fourth-order valence-corrected chi connectivity index (χ4v) is 4.63. The van der Waals surface area contributed by atoms with E-state index in [0.717, 1.165) is 41.8 Å². The number of ketones is 1. The van der Waals surface area contributed by atoms with Crippen molar-refractivity contribution in [1.82, 2.24) is 4.90 Å². The van der Waals surface area contributed by atoms with E-state index in [0.29, 0.717) is 44.5 Å². The summed E-state index contributed by atoms with van der Waals surface area (Å²) in [7, 11) is 1.66. The number of amides is 2. The molecule has 0 atom stereocenters. The number of hydrogen-bond donors (Lipinski definition) is 0. The van der Waals surface area contributed by atoms with Gasteiger partial charge in [0.2, 0.25) is 5.91 Å². The van der Waals surface area contributed by atoms with Gasteiger partial charge in [0.1, 0.15) is 11.4 Å². The van der Waals surface area contributed by atoms with Crippen molar-refractivity contribution in [2.75, 3.05) is 31.6 Å². The van der Waals surface area contributed by atoms with E-state index < -0.39 is 5.60 Å².